The quantitative estimate of drug-likeness (QED) is 0.740. The van der Waals surface area contributed by atoms with E-state index in [-0.39, 0.29) is 17.9 Å². The number of esters is 1. The highest BCUT2D eigenvalue weighted by Crippen LogP contribution is 2.29. The van der Waals surface area contributed by atoms with E-state index in [9.17, 15) is 9.90 Å². The standard InChI is InChI=1S/C11H14O5/c1-15-10-6-9(13)8(11(14)16-2)5-7(10)3-4-12/h5-6,12-13H,3-4H2,1-2H3. The van der Waals surface area contributed by atoms with E-state index < -0.39 is 5.97 Å². The average molecular weight is 226 g/mol. The van der Waals surface area contributed by atoms with Crippen LogP contribution in [-0.2, 0) is 11.2 Å². The maximum absolute atomic E-state index is 11.3. The van der Waals surface area contributed by atoms with Crippen molar-refractivity contribution >= 4 is 5.97 Å². The second kappa shape index (κ2) is 5.37. The van der Waals surface area contributed by atoms with Crippen LogP contribution in [0.5, 0.6) is 11.5 Å². The van der Waals surface area contributed by atoms with E-state index in [1.165, 1.54) is 26.4 Å². The number of aliphatic hydroxyl groups is 1. The molecule has 0 aliphatic carbocycles. The van der Waals surface area contributed by atoms with Gasteiger partial charge in [0.2, 0.25) is 0 Å². The van der Waals surface area contributed by atoms with Crippen LogP contribution in [0.4, 0.5) is 0 Å². The van der Waals surface area contributed by atoms with E-state index in [1.807, 2.05) is 0 Å². The number of benzene rings is 1. The van der Waals surface area contributed by atoms with Crippen LogP contribution < -0.4 is 4.74 Å². The van der Waals surface area contributed by atoms with Gasteiger partial charge in [0, 0.05) is 12.7 Å². The molecular formula is C11H14O5. The molecule has 1 aromatic rings. The van der Waals surface area contributed by atoms with Crippen LogP contribution >= 0.6 is 0 Å². The molecule has 0 bridgehead atoms. The van der Waals surface area contributed by atoms with Crippen LogP contribution in [0.1, 0.15) is 15.9 Å². The molecule has 16 heavy (non-hydrogen) atoms. The van der Waals surface area contributed by atoms with Crippen LogP contribution in [0.25, 0.3) is 0 Å². The number of carbonyl (C=O) groups excluding carboxylic acids is 1. The maximum Gasteiger partial charge on any atom is 0.341 e. The van der Waals surface area contributed by atoms with E-state index in [1.54, 1.807) is 0 Å². The molecular weight excluding hydrogens is 212 g/mol. The van der Waals surface area contributed by atoms with Crippen molar-refractivity contribution in [3.8, 4) is 11.5 Å². The van der Waals surface area contributed by atoms with Crippen molar-refractivity contribution in [2.75, 3.05) is 20.8 Å². The number of phenolic OH excluding ortho intramolecular Hbond substituents is 1. The number of hydrogen-bond donors (Lipinski definition) is 2. The van der Waals surface area contributed by atoms with Gasteiger partial charge in [-0.1, -0.05) is 0 Å². The van der Waals surface area contributed by atoms with Gasteiger partial charge in [0.1, 0.15) is 17.1 Å². The Morgan fingerprint density at radius 1 is 1.38 bits per heavy atom. The summed E-state index contributed by atoms with van der Waals surface area (Å²) in [5.74, 6) is -0.399. The van der Waals surface area contributed by atoms with Crippen LogP contribution in [0.3, 0.4) is 0 Å². The summed E-state index contributed by atoms with van der Waals surface area (Å²) in [7, 11) is 2.69. The zero-order chi connectivity index (χ0) is 12.1. The van der Waals surface area contributed by atoms with Gasteiger partial charge in [-0.25, -0.2) is 4.79 Å². The molecule has 0 heterocycles. The number of aromatic hydroxyl groups is 1. The van der Waals surface area contributed by atoms with Gasteiger partial charge in [-0.05, 0) is 18.1 Å². The molecule has 0 amide bonds. The highest BCUT2D eigenvalue weighted by Gasteiger charge is 2.15. The molecule has 88 valence electrons. The molecule has 2 N–H and O–H groups in total. The second-order valence-corrected chi connectivity index (χ2v) is 3.15. The third-order valence-electron chi connectivity index (χ3n) is 2.19. The molecule has 0 saturated carbocycles. The fourth-order valence-electron chi connectivity index (χ4n) is 1.39. The third kappa shape index (κ3) is 2.43. The number of rotatable bonds is 4. The Morgan fingerprint density at radius 3 is 2.56 bits per heavy atom. The monoisotopic (exact) mass is 226 g/mol. The van der Waals surface area contributed by atoms with Gasteiger partial charge >= 0.3 is 5.97 Å². The van der Waals surface area contributed by atoms with Crippen molar-refractivity contribution in [3.05, 3.63) is 23.3 Å². The molecule has 0 radical (unpaired) electrons. The van der Waals surface area contributed by atoms with Crippen molar-refractivity contribution in [2.24, 2.45) is 0 Å². The first-order valence-electron chi connectivity index (χ1n) is 4.73. The molecule has 0 atom stereocenters. The van der Waals surface area contributed by atoms with E-state index in [2.05, 4.69) is 4.74 Å². The Bertz CT molecular complexity index is 386. The molecule has 0 aromatic heterocycles. The predicted molar refractivity (Wildman–Crippen MR) is 56.8 cm³/mol. The topological polar surface area (TPSA) is 76.0 Å². The van der Waals surface area contributed by atoms with E-state index in [0.29, 0.717) is 17.7 Å². The van der Waals surface area contributed by atoms with Gasteiger partial charge in [-0.15, -0.1) is 0 Å². The fourth-order valence-corrected chi connectivity index (χ4v) is 1.39. The lowest BCUT2D eigenvalue weighted by Crippen LogP contribution is -2.04. The average Bonchev–Trinajstić information content (AvgIpc) is 2.30. The van der Waals surface area contributed by atoms with Crippen molar-refractivity contribution in [3.63, 3.8) is 0 Å². The van der Waals surface area contributed by atoms with Crippen LogP contribution in [0.15, 0.2) is 12.1 Å². The van der Waals surface area contributed by atoms with Crippen molar-refractivity contribution < 1.29 is 24.5 Å². The molecule has 5 heteroatoms. The first-order valence-corrected chi connectivity index (χ1v) is 4.73. The number of aliphatic hydroxyl groups excluding tert-OH is 1. The fraction of sp³-hybridized carbons (Fsp3) is 0.364. The van der Waals surface area contributed by atoms with Crippen molar-refractivity contribution in [1.82, 2.24) is 0 Å². The number of carbonyl (C=O) groups is 1. The number of phenols is 1. The molecule has 1 aromatic carbocycles. The van der Waals surface area contributed by atoms with E-state index in [0.717, 1.165) is 0 Å². The molecule has 5 nitrogen and oxygen atoms in total. The van der Waals surface area contributed by atoms with Crippen LogP contribution in [0, 0.1) is 0 Å². The zero-order valence-electron chi connectivity index (χ0n) is 9.19. The minimum atomic E-state index is -0.626. The Balaban J connectivity index is 3.21. The van der Waals surface area contributed by atoms with Crippen molar-refractivity contribution in [1.29, 1.82) is 0 Å². The third-order valence-corrected chi connectivity index (χ3v) is 2.19. The van der Waals surface area contributed by atoms with E-state index >= 15 is 0 Å². The zero-order valence-corrected chi connectivity index (χ0v) is 9.19. The molecule has 0 fully saturated rings. The van der Waals surface area contributed by atoms with Gasteiger partial charge in [0.05, 0.1) is 14.2 Å². The normalized spacial score (nSPS) is 9.94. The Morgan fingerprint density at radius 2 is 2.06 bits per heavy atom. The summed E-state index contributed by atoms with van der Waals surface area (Å²) < 4.78 is 9.55. The summed E-state index contributed by atoms with van der Waals surface area (Å²) in [5.41, 5.74) is 0.704. The first-order chi connectivity index (χ1) is 7.63. The van der Waals surface area contributed by atoms with Crippen molar-refractivity contribution in [2.45, 2.75) is 6.42 Å². The number of ether oxygens (including phenoxy) is 2. The minimum absolute atomic E-state index is 0.0618. The highest BCUT2D eigenvalue weighted by molar-refractivity contribution is 5.92. The largest absolute Gasteiger partial charge is 0.507 e. The molecule has 1 rings (SSSR count). The smallest absolute Gasteiger partial charge is 0.341 e. The lowest BCUT2D eigenvalue weighted by atomic mass is 10.1. The summed E-state index contributed by atoms with van der Waals surface area (Å²) in [5, 5.41) is 18.4. The summed E-state index contributed by atoms with van der Waals surface area (Å²) in [6, 6.07) is 2.79. The summed E-state index contributed by atoms with van der Waals surface area (Å²) in [6.45, 7) is -0.0677. The molecule has 0 saturated heterocycles. The van der Waals surface area contributed by atoms with Gasteiger partial charge in [-0.3, -0.25) is 0 Å². The summed E-state index contributed by atoms with van der Waals surface area (Å²) >= 11 is 0. The second-order valence-electron chi connectivity index (χ2n) is 3.15. The Hall–Kier alpha value is -1.75. The molecule has 0 aliphatic rings. The van der Waals surface area contributed by atoms with Gasteiger partial charge in [0.25, 0.3) is 0 Å². The van der Waals surface area contributed by atoms with Gasteiger partial charge in [0.15, 0.2) is 0 Å². The number of hydrogen-bond acceptors (Lipinski definition) is 5. The lowest BCUT2D eigenvalue weighted by Gasteiger charge is -2.10. The SMILES string of the molecule is COC(=O)c1cc(CCO)c(OC)cc1O. The van der Waals surface area contributed by atoms with Crippen LogP contribution in [-0.4, -0.2) is 37.0 Å². The lowest BCUT2D eigenvalue weighted by molar-refractivity contribution is 0.0597. The first kappa shape index (κ1) is 12.3. The van der Waals surface area contributed by atoms with E-state index in [4.69, 9.17) is 9.84 Å². The molecule has 0 unspecified atom stereocenters. The molecule has 0 spiro atoms. The summed E-state index contributed by atoms with van der Waals surface area (Å²) in [4.78, 5) is 11.3. The van der Waals surface area contributed by atoms with Crippen LogP contribution in [0.2, 0.25) is 0 Å². The molecule has 0 aliphatic heterocycles. The minimum Gasteiger partial charge on any atom is -0.507 e. The predicted octanol–water partition coefficient (Wildman–Crippen LogP) is 0.722. The maximum atomic E-state index is 11.3. The van der Waals surface area contributed by atoms with Gasteiger partial charge in [-0.2, -0.15) is 0 Å². The summed E-state index contributed by atoms with van der Waals surface area (Å²) in [6.07, 6.45) is 0.341. The highest BCUT2D eigenvalue weighted by atomic mass is 16.5. The Labute approximate surface area is 93.2 Å². The number of methoxy groups -OCH3 is 2. The Kier molecular flexibility index (Phi) is 4.13. The van der Waals surface area contributed by atoms with Gasteiger partial charge < -0.3 is 19.7 Å².